The standard InChI is InChI=1S/C17H16N2O/c1-20-11-14-10-16(18)15-9-13(7-8-17(15)19-14)12-5-3-2-4-6-12/h2-10H,11H2,1H3,(H2,18,19). The molecule has 100 valence electrons. The van der Waals surface area contributed by atoms with Crippen molar-refractivity contribution in [3.05, 3.63) is 60.3 Å². The van der Waals surface area contributed by atoms with E-state index in [9.17, 15) is 0 Å². The van der Waals surface area contributed by atoms with E-state index in [1.165, 1.54) is 5.56 Å². The Morgan fingerprint density at radius 1 is 1.00 bits per heavy atom. The average Bonchev–Trinajstić information content (AvgIpc) is 2.48. The van der Waals surface area contributed by atoms with E-state index in [4.69, 9.17) is 10.5 Å². The molecule has 0 saturated heterocycles. The zero-order valence-corrected chi connectivity index (χ0v) is 11.3. The van der Waals surface area contributed by atoms with Crippen molar-refractivity contribution in [1.29, 1.82) is 0 Å². The maximum absolute atomic E-state index is 6.14. The van der Waals surface area contributed by atoms with E-state index < -0.39 is 0 Å². The zero-order valence-electron chi connectivity index (χ0n) is 11.3. The Labute approximate surface area is 118 Å². The summed E-state index contributed by atoms with van der Waals surface area (Å²) in [5, 5.41) is 0.978. The molecule has 0 amide bonds. The summed E-state index contributed by atoms with van der Waals surface area (Å²) >= 11 is 0. The Hall–Kier alpha value is -2.39. The number of fused-ring (bicyclic) bond motifs is 1. The second-order valence-corrected chi connectivity index (χ2v) is 4.73. The highest BCUT2D eigenvalue weighted by Gasteiger charge is 2.05. The predicted octanol–water partition coefficient (Wildman–Crippen LogP) is 3.63. The number of nitrogen functional groups attached to an aromatic ring is 1. The minimum atomic E-state index is 0.473. The molecular weight excluding hydrogens is 248 g/mol. The van der Waals surface area contributed by atoms with E-state index in [1.54, 1.807) is 7.11 Å². The predicted molar refractivity (Wildman–Crippen MR) is 82.3 cm³/mol. The first-order valence-electron chi connectivity index (χ1n) is 6.51. The maximum atomic E-state index is 6.14. The second-order valence-electron chi connectivity index (χ2n) is 4.73. The van der Waals surface area contributed by atoms with Crippen LogP contribution in [0.1, 0.15) is 5.69 Å². The monoisotopic (exact) mass is 264 g/mol. The van der Waals surface area contributed by atoms with Gasteiger partial charge in [0.2, 0.25) is 0 Å². The molecule has 0 unspecified atom stereocenters. The summed E-state index contributed by atoms with van der Waals surface area (Å²) in [4.78, 5) is 4.56. The number of ether oxygens (including phenoxy) is 1. The Balaban J connectivity index is 2.12. The van der Waals surface area contributed by atoms with Crippen molar-refractivity contribution in [3.63, 3.8) is 0 Å². The molecule has 0 radical (unpaired) electrons. The van der Waals surface area contributed by atoms with E-state index in [2.05, 4.69) is 29.2 Å². The van der Waals surface area contributed by atoms with Gasteiger partial charge < -0.3 is 10.5 Å². The molecule has 3 heteroatoms. The Kier molecular flexibility index (Phi) is 3.35. The lowest BCUT2D eigenvalue weighted by atomic mass is 10.0. The van der Waals surface area contributed by atoms with E-state index in [-0.39, 0.29) is 0 Å². The largest absolute Gasteiger partial charge is 0.398 e. The molecule has 2 N–H and O–H groups in total. The molecule has 2 aromatic carbocycles. The number of rotatable bonds is 3. The van der Waals surface area contributed by atoms with Crippen LogP contribution in [0.3, 0.4) is 0 Å². The number of anilines is 1. The zero-order chi connectivity index (χ0) is 13.9. The normalized spacial score (nSPS) is 10.8. The van der Waals surface area contributed by atoms with Crippen LogP contribution in [0.25, 0.3) is 22.0 Å². The summed E-state index contributed by atoms with van der Waals surface area (Å²) in [5.74, 6) is 0. The van der Waals surface area contributed by atoms with Crippen molar-refractivity contribution in [2.75, 3.05) is 12.8 Å². The first-order chi connectivity index (χ1) is 9.78. The molecule has 0 aliphatic carbocycles. The van der Waals surface area contributed by atoms with E-state index in [1.807, 2.05) is 30.3 Å². The van der Waals surface area contributed by atoms with Crippen LogP contribution in [0.5, 0.6) is 0 Å². The third kappa shape index (κ3) is 2.36. The molecular formula is C17H16N2O. The van der Waals surface area contributed by atoms with Crippen molar-refractivity contribution >= 4 is 16.6 Å². The molecule has 3 rings (SSSR count). The maximum Gasteiger partial charge on any atom is 0.0885 e. The molecule has 0 spiro atoms. The molecule has 20 heavy (non-hydrogen) atoms. The number of benzene rings is 2. The molecule has 3 aromatic rings. The third-order valence-electron chi connectivity index (χ3n) is 3.29. The van der Waals surface area contributed by atoms with Gasteiger partial charge in [0.1, 0.15) is 0 Å². The second kappa shape index (κ2) is 5.31. The lowest BCUT2D eigenvalue weighted by molar-refractivity contribution is 0.182. The fraction of sp³-hybridized carbons (Fsp3) is 0.118. The van der Waals surface area contributed by atoms with Crippen molar-refractivity contribution in [1.82, 2.24) is 4.98 Å². The number of hydrogen-bond acceptors (Lipinski definition) is 3. The number of nitrogens with two attached hydrogens (primary N) is 1. The first kappa shape index (κ1) is 12.6. The van der Waals surface area contributed by atoms with Gasteiger partial charge in [-0.15, -0.1) is 0 Å². The van der Waals surface area contributed by atoms with Crippen LogP contribution >= 0.6 is 0 Å². The third-order valence-corrected chi connectivity index (χ3v) is 3.29. The van der Waals surface area contributed by atoms with E-state index >= 15 is 0 Å². The van der Waals surface area contributed by atoms with Crippen molar-refractivity contribution in [2.24, 2.45) is 0 Å². The Morgan fingerprint density at radius 2 is 1.80 bits per heavy atom. The van der Waals surface area contributed by atoms with Gasteiger partial charge in [-0.25, -0.2) is 0 Å². The highest BCUT2D eigenvalue weighted by atomic mass is 16.5. The van der Waals surface area contributed by atoms with Crippen LogP contribution in [-0.2, 0) is 11.3 Å². The number of aromatic nitrogens is 1. The summed E-state index contributed by atoms with van der Waals surface area (Å²) in [5.41, 5.74) is 10.9. The summed E-state index contributed by atoms with van der Waals surface area (Å²) in [7, 11) is 1.65. The van der Waals surface area contributed by atoms with Crippen LogP contribution in [0.15, 0.2) is 54.6 Å². The van der Waals surface area contributed by atoms with Gasteiger partial charge in [0.05, 0.1) is 17.8 Å². The van der Waals surface area contributed by atoms with Gasteiger partial charge >= 0.3 is 0 Å². The smallest absolute Gasteiger partial charge is 0.0885 e. The number of methoxy groups -OCH3 is 1. The van der Waals surface area contributed by atoms with Crippen LogP contribution in [-0.4, -0.2) is 12.1 Å². The first-order valence-corrected chi connectivity index (χ1v) is 6.51. The molecule has 0 saturated carbocycles. The van der Waals surface area contributed by atoms with Crippen molar-refractivity contribution < 1.29 is 4.74 Å². The van der Waals surface area contributed by atoms with Crippen molar-refractivity contribution in [2.45, 2.75) is 6.61 Å². The minimum Gasteiger partial charge on any atom is -0.398 e. The molecule has 0 bridgehead atoms. The molecule has 3 nitrogen and oxygen atoms in total. The molecule has 0 aliphatic rings. The highest BCUT2D eigenvalue weighted by molar-refractivity contribution is 5.93. The molecule has 0 aliphatic heterocycles. The van der Waals surface area contributed by atoms with Crippen LogP contribution in [0.2, 0.25) is 0 Å². The van der Waals surface area contributed by atoms with Gasteiger partial charge in [-0.2, -0.15) is 0 Å². The quantitative estimate of drug-likeness (QED) is 0.785. The van der Waals surface area contributed by atoms with Gasteiger partial charge in [0.15, 0.2) is 0 Å². The molecule has 0 fully saturated rings. The lowest BCUT2D eigenvalue weighted by Gasteiger charge is -2.08. The SMILES string of the molecule is COCc1cc(N)c2cc(-c3ccccc3)ccc2n1. The number of nitrogens with zero attached hydrogens (tertiary/aromatic N) is 1. The molecule has 1 aromatic heterocycles. The fourth-order valence-electron chi connectivity index (χ4n) is 2.34. The Morgan fingerprint density at radius 3 is 2.55 bits per heavy atom. The summed E-state index contributed by atoms with van der Waals surface area (Å²) in [6.45, 7) is 0.473. The van der Waals surface area contributed by atoms with Crippen LogP contribution in [0, 0.1) is 0 Å². The van der Waals surface area contributed by atoms with Gasteiger partial charge in [-0.1, -0.05) is 36.4 Å². The summed E-state index contributed by atoms with van der Waals surface area (Å²) < 4.78 is 5.11. The topological polar surface area (TPSA) is 48.1 Å². The number of pyridine rings is 1. The minimum absolute atomic E-state index is 0.473. The van der Waals surface area contributed by atoms with Gasteiger partial charge in [-0.05, 0) is 29.3 Å². The lowest BCUT2D eigenvalue weighted by Crippen LogP contribution is -1.97. The average molecular weight is 264 g/mol. The Bertz CT molecular complexity index is 739. The molecule has 1 heterocycles. The highest BCUT2D eigenvalue weighted by Crippen LogP contribution is 2.27. The van der Waals surface area contributed by atoms with Crippen LogP contribution < -0.4 is 5.73 Å². The van der Waals surface area contributed by atoms with Crippen LogP contribution in [0.4, 0.5) is 5.69 Å². The summed E-state index contributed by atoms with van der Waals surface area (Å²) in [6.07, 6.45) is 0. The van der Waals surface area contributed by atoms with Gasteiger partial charge in [-0.3, -0.25) is 4.98 Å². The van der Waals surface area contributed by atoms with E-state index in [0.717, 1.165) is 27.8 Å². The van der Waals surface area contributed by atoms with Gasteiger partial charge in [0, 0.05) is 18.2 Å². The molecule has 0 atom stereocenters. The van der Waals surface area contributed by atoms with Gasteiger partial charge in [0.25, 0.3) is 0 Å². The fourth-order valence-corrected chi connectivity index (χ4v) is 2.34. The number of hydrogen-bond donors (Lipinski definition) is 1. The van der Waals surface area contributed by atoms with E-state index in [0.29, 0.717) is 6.61 Å². The van der Waals surface area contributed by atoms with Crippen molar-refractivity contribution in [3.8, 4) is 11.1 Å². The summed E-state index contributed by atoms with van der Waals surface area (Å²) in [6, 6.07) is 18.3.